The predicted molar refractivity (Wildman–Crippen MR) is 42.4 cm³/mol. The molecule has 0 amide bonds. The van der Waals surface area contributed by atoms with Gasteiger partial charge in [0.25, 0.3) is 0 Å². The van der Waals surface area contributed by atoms with Crippen molar-refractivity contribution in [1.29, 1.82) is 0 Å². The Balaban J connectivity index is 3.05. The lowest BCUT2D eigenvalue weighted by Gasteiger charge is -2.04. The second kappa shape index (κ2) is 3.71. The van der Waals surface area contributed by atoms with Crippen molar-refractivity contribution in [3.8, 4) is 11.5 Å². The number of aromatic hydroxyl groups is 1. The summed E-state index contributed by atoms with van der Waals surface area (Å²) in [5, 5.41) is 8.84. The molecule has 12 heavy (non-hydrogen) atoms. The first-order valence-corrected chi connectivity index (χ1v) is 3.81. The van der Waals surface area contributed by atoms with Crippen molar-refractivity contribution < 1.29 is 18.6 Å². The molecule has 0 spiro atoms. The number of hydrogen-bond donors (Lipinski definition) is 1. The van der Waals surface area contributed by atoms with E-state index in [1.54, 1.807) is 0 Å². The Morgan fingerprint density at radius 1 is 1.50 bits per heavy atom. The third-order valence-corrected chi connectivity index (χ3v) is 1.83. The van der Waals surface area contributed by atoms with Crippen LogP contribution in [-0.4, -0.2) is 12.0 Å². The highest BCUT2D eigenvalue weighted by molar-refractivity contribution is 9.10. The molecular weight excluding hydrogens is 234 g/mol. The van der Waals surface area contributed by atoms with E-state index in [0.29, 0.717) is 4.47 Å². The Morgan fingerprint density at radius 3 is 2.75 bits per heavy atom. The second-order valence-electron chi connectivity index (χ2n) is 1.99. The Morgan fingerprint density at radius 2 is 2.17 bits per heavy atom. The molecular formula is C7H5BrF2O2. The van der Waals surface area contributed by atoms with Gasteiger partial charge in [-0.15, -0.1) is 0 Å². The van der Waals surface area contributed by atoms with Crippen LogP contribution in [0.4, 0.5) is 8.78 Å². The van der Waals surface area contributed by atoms with Gasteiger partial charge >= 0.3 is 0 Å². The number of rotatable bonds is 2. The molecule has 5 heteroatoms. The first kappa shape index (κ1) is 9.25. The van der Waals surface area contributed by atoms with E-state index in [-0.39, 0.29) is 5.75 Å². The number of alkyl halides is 1. The SMILES string of the molecule is Oc1cc(Br)c(OCF)cc1F. The van der Waals surface area contributed by atoms with Gasteiger partial charge in [-0.2, -0.15) is 0 Å². The molecule has 0 aliphatic heterocycles. The summed E-state index contributed by atoms with van der Waals surface area (Å²) >= 11 is 2.96. The second-order valence-corrected chi connectivity index (χ2v) is 2.84. The minimum Gasteiger partial charge on any atom is -0.505 e. The molecule has 1 aromatic rings. The summed E-state index contributed by atoms with van der Waals surface area (Å²) in [4.78, 5) is 0. The molecule has 0 unspecified atom stereocenters. The first-order chi connectivity index (χ1) is 5.65. The van der Waals surface area contributed by atoms with E-state index in [1.165, 1.54) is 0 Å². The van der Waals surface area contributed by atoms with Gasteiger partial charge in [0.15, 0.2) is 11.6 Å². The quantitative estimate of drug-likeness (QED) is 0.859. The van der Waals surface area contributed by atoms with E-state index in [2.05, 4.69) is 20.7 Å². The monoisotopic (exact) mass is 238 g/mol. The molecule has 0 heterocycles. The Hall–Kier alpha value is -0.840. The molecule has 2 nitrogen and oxygen atoms in total. The summed E-state index contributed by atoms with van der Waals surface area (Å²) in [6.45, 7) is -1.04. The highest BCUT2D eigenvalue weighted by Crippen LogP contribution is 2.31. The highest BCUT2D eigenvalue weighted by atomic mass is 79.9. The zero-order valence-corrected chi connectivity index (χ0v) is 7.44. The Kier molecular flexibility index (Phi) is 2.86. The summed E-state index contributed by atoms with van der Waals surface area (Å²) in [6.07, 6.45) is 0. The molecule has 1 aromatic carbocycles. The van der Waals surface area contributed by atoms with Crippen molar-refractivity contribution in [1.82, 2.24) is 0 Å². The number of benzene rings is 1. The van der Waals surface area contributed by atoms with Crippen LogP contribution in [0.1, 0.15) is 0 Å². The van der Waals surface area contributed by atoms with Gasteiger partial charge in [-0.25, -0.2) is 8.78 Å². The average Bonchev–Trinajstić information content (AvgIpc) is 2.01. The van der Waals surface area contributed by atoms with Gasteiger partial charge in [-0.1, -0.05) is 0 Å². The van der Waals surface area contributed by atoms with Gasteiger partial charge in [-0.05, 0) is 15.9 Å². The molecule has 0 aliphatic rings. The zero-order valence-electron chi connectivity index (χ0n) is 5.85. The maximum Gasteiger partial charge on any atom is 0.228 e. The summed E-state index contributed by atoms with van der Waals surface area (Å²) in [6, 6.07) is 2.00. The maximum atomic E-state index is 12.6. The van der Waals surface area contributed by atoms with Gasteiger partial charge in [0.05, 0.1) is 4.47 Å². The molecule has 0 saturated carbocycles. The maximum absolute atomic E-state index is 12.6. The topological polar surface area (TPSA) is 29.5 Å². The van der Waals surface area contributed by atoms with Crippen LogP contribution in [0, 0.1) is 5.82 Å². The average molecular weight is 239 g/mol. The fourth-order valence-corrected chi connectivity index (χ4v) is 1.13. The van der Waals surface area contributed by atoms with Crippen molar-refractivity contribution in [3.05, 3.63) is 22.4 Å². The van der Waals surface area contributed by atoms with Crippen LogP contribution in [-0.2, 0) is 0 Å². The summed E-state index contributed by atoms with van der Waals surface area (Å²) in [5.41, 5.74) is 0. The number of hydrogen-bond acceptors (Lipinski definition) is 2. The molecule has 0 bridgehead atoms. The van der Waals surface area contributed by atoms with Gasteiger partial charge in [-0.3, -0.25) is 0 Å². The van der Waals surface area contributed by atoms with E-state index in [4.69, 9.17) is 5.11 Å². The molecule has 1 rings (SSSR count). The van der Waals surface area contributed by atoms with Crippen molar-refractivity contribution in [3.63, 3.8) is 0 Å². The van der Waals surface area contributed by atoms with Crippen LogP contribution in [0.2, 0.25) is 0 Å². The number of ether oxygens (including phenoxy) is 1. The molecule has 0 saturated heterocycles. The molecule has 0 fully saturated rings. The zero-order chi connectivity index (χ0) is 9.14. The number of phenols is 1. The van der Waals surface area contributed by atoms with Crippen LogP contribution >= 0.6 is 15.9 Å². The summed E-state index contributed by atoms with van der Waals surface area (Å²) in [7, 11) is 0. The molecule has 0 aliphatic carbocycles. The van der Waals surface area contributed by atoms with Crippen LogP contribution in [0.25, 0.3) is 0 Å². The van der Waals surface area contributed by atoms with E-state index < -0.39 is 18.4 Å². The Bertz CT molecular complexity index is 291. The van der Waals surface area contributed by atoms with Crippen LogP contribution in [0.3, 0.4) is 0 Å². The van der Waals surface area contributed by atoms with E-state index in [9.17, 15) is 8.78 Å². The van der Waals surface area contributed by atoms with Crippen molar-refractivity contribution >= 4 is 15.9 Å². The van der Waals surface area contributed by atoms with Crippen molar-refractivity contribution in [2.24, 2.45) is 0 Å². The summed E-state index contributed by atoms with van der Waals surface area (Å²) < 4.78 is 29.0. The largest absolute Gasteiger partial charge is 0.505 e. The minimum atomic E-state index is -1.04. The van der Waals surface area contributed by atoms with Crippen molar-refractivity contribution in [2.45, 2.75) is 0 Å². The first-order valence-electron chi connectivity index (χ1n) is 3.02. The number of halogens is 3. The van der Waals surface area contributed by atoms with Crippen LogP contribution in [0.5, 0.6) is 11.5 Å². The van der Waals surface area contributed by atoms with Crippen LogP contribution < -0.4 is 4.74 Å². The normalized spacial score (nSPS) is 9.92. The third kappa shape index (κ3) is 1.85. The van der Waals surface area contributed by atoms with E-state index in [1.807, 2.05) is 0 Å². The smallest absolute Gasteiger partial charge is 0.228 e. The molecule has 66 valence electrons. The van der Waals surface area contributed by atoms with E-state index >= 15 is 0 Å². The van der Waals surface area contributed by atoms with Crippen LogP contribution in [0.15, 0.2) is 16.6 Å². The lowest BCUT2D eigenvalue weighted by atomic mass is 10.3. The van der Waals surface area contributed by atoms with Gasteiger partial charge in [0, 0.05) is 12.1 Å². The molecule has 0 radical (unpaired) electrons. The van der Waals surface area contributed by atoms with E-state index in [0.717, 1.165) is 12.1 Å². The molecule has 1 N–H and O–H groups in total. The fourth-order valence-electron chi connectivity index (χ4n) is 0.687. The fraction of sp³-hybridized carbons (Fsp3) is 0.143. The summed E-state index contributed by atoms with van der Waals surface area (Å²) in [5.74, 6) is -1.33. The lowest BCUT2D eigenvalue weighted by molar-refractivity contribution is 0.189. The van der Waals surface area contributed by atoms with Crippen molar-refractivity contribution in [2.75, 3.05) is 6.86 Å². The standard InChI is InChI=1S/C7H5BrF2O2/c8-4-1-6(11)5(10)2-7(4)12-3-9/h1-2,11H,3H2. The highest BCUT2D eigenvalue weighted by Gasteiger charge is 2.07. The number of phenolic OH excluding ortho intramolecular Hbond substituents is 1. The molecule has 0 atom stereocenters. The minimum absolute atomic E-state index is 0.0211. The molecule has 0 aromatic heterocycles. The van der Waals surface area contributed by atoms with Gasteiger partial charge in [0.1, 0.15) is 5.75 Å². The lowest BCUT2D eigenvalue weighted by Crippen LogP contribution is -1.91. The Labute approximate surface area is 75.9 Å². The third-order valence-electron chi connectivity index (χ3n) is 1.21. The predicted octanol–water partition coefficient (Wildman–Crippen LogP) is 2.60. The van der Waals surface area contributed by atoms with Gasteiger partial charge < -0.3 is 9.84 Å². The van der Waals surface area contributed by atoms with Gasteiger partial charge in [0.2, 0.25) is 6.86 Å².